The molecular formula is C34H33F3O5. The summed E-state index contributed by atoms with van der Waals surface area (Å²) in [7, 11) is 0. The molecule has 1 aliphatic rings. The molecule has 0 aliphatic carbocycles. The molecule has 2 unspecified atom stereocenters. The van der Waals surface area contributed by atoms with Gasteiger partial charge in [0.05, 0.1) is 38.1 Å². The molecule has 0 amide bonds. The Balaban J connectivity index is 1.34. The zero-order valence-electron chi connectivity index (χ0n) is 23.0. The molecule has 0 radical (unpaired) electrons. The average molecular weight is 579 g/mol. The number of alkyl halides is 3. The first-order chi connectivity index (χ1) is 20.4. The summed E-state index contributed by atoms with van der Waals surface area (Å²) < 4.78 is 70.5. The fourth-order valence-corrected chi connectivity index (χ4v) is 4.76. The maximum Gasteiger partial charge on any atom is 0.416 e. The zero-order chi connectivity index (χ0) is 29.2. The maximum atomic E-state index is 13.1. The van der Waals surface area contributed by atoms with Crippen LogP contribution in [0.5, 0.6) is 5.75 Å². The highest BCUT2D eigenvalue weighted by Crippen LogP contribution is 2.32. The van der Waals surface area contributed by atoms with Gasteiger partial charge in [0, 0.05) is 6.42 Å². The van der Waals surface area contributed by atoms with Gasteiger partial charge in [-0.2, -0.15) is 13.2 Å². The Morgan fingerprint density at radius 3 is 1.71 bits per heavy atom. The molecule has 4 atom stereocenters. The highest BCUT2D eigenvalue weighted by molar-refractivity contribution is 5.29. The minimum Gasteiger partial charge on any atom is -0.465 e. The molecule has 5 rings (SSSR count). The topological polar surface area (TPSA) is 46.2 Å². The van der Waals surface area contributed by atoms with E-state index in [1.807, 2.05) is 91.0 Å². The molecule has 0 saturated carbocycles. The first kappa shape index (κ1) is 29.8. The second-order valence-corrected chi connectivity index (χ2v) is 10.1. The molecule has 42 heavy (non-hydrogen) atoms. The van der Waals surface area contributed by atoms with Gasteiger partial charge in [-0.1, -0.05) is 91.0 Å². The van der Waals surface area contributed by atoms with Crippen molar-refractivity contribution in [2.45, 2.75) is 57.0 Å². The van der Waals surface area contributed by atoms with Crippen molar-refractivity contribution >= 4 is 0 Å². The van der Waals surface area contributed by atoms with E-state index >= 15 is 0 Å². The zero-order valence-corrected chi connectivity index (χ0v) is 23.0. The fraction of sp³-hybridized carbons (Fsp3) is 0.294. The van der Waals surface area contributed by atoms with Crippen LogP contribution in [0.3, 0.4) is 0 Å². The van der Waals surface area contributed by atoms with Gasteiger partial charge in [-0.15, -0.1) is 0 Å². The summed E-state index contributed by atoms with van der Waals surface area (Å²) in [4.78, 5) is 0. The van der Waals surface area contributed by atoms with E-state index in [4.69, 9.17) is 23.7 Å². The molecular weight excluding hydrogens is 545 g/mol. The second-order valence-electron chi connectivity index (χ2n) is 10.1. The number of hydrogen-bond acceptors (Lipinski definition) is 5. The lowest BCUT2D eigenvalue weighted by molar-refractivity contribution is -0.257. The summed E-state index contributed by atoms with van der Waals surface area (Å²) in [6.07, 6.45) is -6.40. The molecule has 4 aromatic carbocycles. The first-order valence-electron chi connectivity index (χ1n) is 13.9. The van der Waals surface area contributed by atoms with Gasteiger partial charge >= 0.3 is 6.18 Å². The van der Waals surface area contributed by atoms with Crippen molar-refractivity contribution in [3.8, 4) is 5.75 Å². The summed E-state index contributed by atoms with van der Waals surface area (Å²) >= 11 is 0. The predicted molar refractivity (Wildman–Crippen MR) is 151 cm³/mol. The molecule has 0 aromatic heterocycles. The van der Waals surface area contributed by atoms with Gasteiger partial charge in [0.15, 0.2) is 0 Å². The molecule has 220 valence electrons. The van der Waals surface area contributed by atoms with Crippen LogP contribution < -0.4 is 4.74 Å². The third-order valence-corrected chi connectivity index (χ3v) is 6.92. The van der Waals surface area contributed by atoms with Crippen molar-refractivity contribution < 1.29 is 36.9 Å². The Morgan fingerprint density at radius 2 is 1.17 bits per heavy atom. The smallest absolute Gasteiger partial charge is 0.416 e. The average Bonchev–Trinajstić information content (AvgIpc) is 3.01. The van der Waals surface area contributed by atoms with E-state index in [0.29, 0.717) is 26.2 Å². The van der Waals surface area contributed by atoms with E-state index in [1.54, 1.807) is 0 Å². The standard InChI is InChI=1S/C34H33F3O5/c35-34(36,37)28-16-18-29(19-17-28)41-32-20-30(39-22-26-12-6-2-7-13-26)33(40-23-27-14-8-3-9-15-27)31(42-32)24-38-21-25-10-4-1-5-11-25/h1-19,30-33H,20-24H2/t30-,31?,32-,33?/m1/s1. The Kier molecular flexibility index (Phi) is 10.3. The van der Waals surface area contributed by atoms with E-state index in [1.165, 1.54) is 12.1 Å². The molecule has 5 nitrogen and oxygen atoms in total. The minimum absolute atomic E-state index is 0.201. The molecule has 0 bridgehead atoms. The number of hydrogen-bond donors (Lipinski definition) is 0. The Morgan fingerprint density at radius 1 is 0.643 bits per heavy atom. The monoisotopic (exact) mass is 578 g/mol. The van der Waals surface area contributed by atoms with Crippen LogP contribution in [0, 0.1) is 0 Å². The van der Waals surface area contributed by atoms with Gasteiger partial charge in [-0.05, 0) is 41.0 Å². The maximum absolute atomic E-state index is 13.1. The fourth-order valence-electron chi connectivity index (χ4n) is 4.76. The third-order valence-electron chi connectivity index (χ3n) is 6.92. The SMILES string of the molecule is FC(F)(F)c1ccc(O[C@H]2C[C@@H](OCc3ccccc3)C(OCc3ccccc3)C(COCc3ccccc3)O2)cc1. The van der Waals surface area contributed by atoms with Gasteiger partial charge in [0.25, 0.3) is 0 Å². The van der Waals surface area contributed by atoms with E-state index in [0.717, 1.165) is 28.8 Å². The second kappa shape index (κ2) is 14.5. The molecule has 0 N–H and O–H groups in total. The molecule has 1 aliphatic heterocycles. The van der Waals surface area contributed by atoms with Crippen molar-refractivity contribution in [2.24, 2.45) is 0 Å². The Bertz CT molecular complexity index is 1330. The lowest BCUT2D eigenvalue weighted by Crippen LogP contribution is -2.53. The van der Waals surface area contributed by atoms with Gasteiger partial charge in [-0.3, -0.25) is 0 Å². The quantitative estimate of drug-likeness (QED) is 0.173. The molecule has 4 aromatic rings. The lowest BCUT2D eigenvalue weighted by Gasteiger charge is -2.41. The minimum atomic E-state index is -4.43. The van der Waals surface area contributed by atoms with Crippen LogP contribution in [-0.2, 0) is 44.9 Å². The highest BCUT2D eigenvalue weighted by atomic mass is 19.4. The normalized spacial score (nSPS) is 20.7. The lowest BCUT2D eigenvalue weighted by atomic mass is 10.0. The van der Waals surface area contributed by atoms with E-state index in [2.05, 4.69) is 0 Å². The molecule has 1 fully saturated rings. The largest absolute Gasteiger partial charge is 0.465 e. The number of rotatable bonds is 12. The van der Waals surface area contributed by atoms with Crippen molar-refractivity contribution in [3.63, 3.8) is 0 Å². The summed E-state index contributed by atoms with van der Waals surface area (Å²) in [5.41, 5.74) is 2.28. The number of ether oxygens (including phenoxy) is 5. The van der Waals surface area contributed by atoms with Crippen molar-refractivity contribution in [1.82, 2.24) is 0 Å². The van der Waals surface area contributed by atoms with Crippen LogP contribution in [0.25, 0.3) is 0 Å². The van der Waals surface area contributed by atoms with Crippen LogP contribution in [0.1, 0.15) is 28.7 Å². The molecule has 8 heteroatoms. The van der Waals surface area contributed by atoms with Crippen molar-refractivity contribution in [2.75, 3.05) is 6.61 Å². The van der Waals surface area contributed by atoms with Crippen molar-refractivity contribution in [3.05, 3.63) is 138 Å². The van der Waals surface area contributed by atoms with Gasteiger partial charge in [-0.25, -0.2) is 0 Å². The van der Waals surface area contributed by atoms with Gasteiger partial charge < -0.3 is 23.7 Å². The van der Waals surface area contributed by atoms with E-state index in [9.17, 15) is 13.2 Å². The summed E-state index contributed by atoms with van der Waals surface area (Å²) in [6.45, 7) is 1.28. The third kappa shape index (κ3) is 8.66. The van der Waals surface area contributed by atoms with E-state index in [-0.39, 0.29) is 12.4 Å². The highest BCUT2D eigenvalue weighted by Gasteiger charge is 2.42. The predicted octanol–water partition coefficient (Wildman–Crippen LogP) is 7.59. The van der Waals surface area contributed by atoms with Crippen LogP contribution in [0.4, 0.5) is 13.2 Å². The Labute approximate surface area is 243 Å². The van der Waals surface area contributed by atoms with Gasteiger partial charge in [0.2, 0.25) is 6.29 Å². The van der Waals surface area contributed by atoms with E-state index < -0.39 is 36.3 Å². The van der Waals surface area contributed by atoms with Crippen molar-refractivity contribution in [1.29, 1.82) is 0 Å². The number of halogens is 3. The summed E-state index contributed by atoms with van der Waals surface area (Å²) in [6, 6.07) is 34.0. The first-order valence-corrected chi connectivity index (χ1v) is 13.9. The summed E-state index contributed by atoms with van der Waals surface area (Å²) in [5.74, 6) is 0.266. The number of benzene rings is 4. The van der Waals surface area contributed by atoms with Crippen LogP contribution >= 0.6 is 0 Å². The molecule has 1 saturated heterocycles. The van der Waals surface area contributed by atoms with Gasteiger partial charge in [0.1, 0.15) is 18.0 Å². The summed E-state index contributed by atoms with van der Waals surface area (Å²) in [5, 5.41) is 0. The molecule has 0 spiro atoms. The van der Waals surface area contributed by atoms with Crippen LogP contribution in [-0.4, -0.2) is 31.2 Å². The molecule has 1 heterocycles. The Hall–Kier alpha value is -3.69. The van der Waals surface area contributed by atoms with Crippen LogP contribution in [0.2, 0.25) is 0 Å². The van der Waals surface area contributed by atoms with Crippen LogP contribution in [0.15, 0.2) is 115 Å².